The Labute approximate surface area is 238 Å². The van der Waals surface area contributed by atoms with Crippen LogP contribution >= 0.6 is 0 Å². The zero-order valence-electron chi connectivity index (χ0n) is 25.6. The average molecular weight is 531 g/mol. The Morgan fingerprint density at radius 2 is 1.54 bits per heavy atom. The van der Waals surface area contributed by atoms with Crippen molar-refractivity contribution in [3.8, 4) is 0 Å². The monoisotopic (exact) mass is 530 g/mol. The van der Waals surface area contributed by atoms with Gasteiger partial charge in [-0.3, -0.25) is 0 Å². The van der Waals surface area contributed by atoms with Gasteiger partial charge in [0.25, 0.3) is 0 Å². The van der Waals surface area contributed by atoms with Gasteiger partial charge in [0, 0.05) is 11.7 Å². The summed E-state index contributed by atoms with van der Waals surface area (Å²) in [6.45, 7) is 19.9. The fourth-order valence-corrected chi connectivity index (χ4v) is 12.3. The van der Waals surface area contributed by atoms with Crippen LogP contribution in [-0.4, -0.2) is 12.1 Å². The minimum Gasteiger partial charge on any atom is -0.335 e. The third kappa shape index (κ3) is 3.98. The molecule has 2 N–H and O–H groups in total. The van der Waals surface area contributed by atoms with Gasteiger partial charge in [0.1, 0.15) is 0 Å². The lowest BCUT2D eigenvalue weighted by Crippen LogP contribution is -2.67. The van der Waals surface area contributed by atoms with E-state index >= 15 is 0 Å². The summed E-state index contributed by atoms with van der Waals surface area (Å²) in [6.07, 6.45) is 13.5. The van der Waals surface area contributed by atoms with Crippen LogP contribution in [0.2, 0.25) is 0 Å². The first-order valence-corrected chi connectivity index (χ1v) is 16.2. The molecule has 0 aliphatic heterocycles. The van der Waals surface area contributed by atoms with Gasteiger partial charge >= 0.3 is 6.03 Å². The van der Waals surface area contributed by atoms with E-state index in [9.17, 15) is 4.79 Å². The quantitative estimate of drug-likeness (QED) is 0.375. The van der Waals surface area contributed by atoms with Crippen LogP contribution in [0.4, 0.5) is 10.5 Å². The number of para-hydroxylation sites is 1. The van der Waals surface area contributed by atoms with Gasteiger partial charge in [-0.05, 0) is 140 Å². The topological polar surface area (TPSA) is 41.1 Å². The fourth-order valence-electron chi connectivity index (χ4n) is 12.3. The Hall–Kier alpha value is -1.77. The summed E-state index contributed by atoms with van der Waals surface area (Å²) in [5, 5.41) is 6.49. The number of nitrogens with one attached hydrogen (secondary N) is 2. The second kappa shape index (κ2) is 9.38. The highest BCUT2D eigenvalue weighted by Crippen LogP contribution is 2.76. The maximum Gasteiger partial charge on any atom is 0.319 e. The van der Waals surface area contributed by atoms with Gasteiger partial charge in [0.2, 0.25) is 0 Å². The van der Waals surface area contributed by atoms with Crippen LogP contribution in [0, 0.1) is 57.2 Å². The van der Waals surface area contributed by atoms with E-state index in [2.05, 4.69) is 58.8 Å². The molecule has 2 amide bonds. The third-order valence-corrected chi connectivity index (χ3v) is 14.3. The molecular formula is C36H54N2O. The number of hydrogen-bond donors (Lipinski definition) is 2. The number of anilines is 1. The summed E-state index contributed by atoms with van der Waals surface area (Å²) in [5.41, 5.74) is 3.59. The second-order valence-electron chi connectivity index (χ2n) is 16.0. The van der Waals surface area contributed by atoms with E-state index in [1.54, 1.807) is 0 Å². The van der Waals surface area contributed by atoms with Crippen molar-refractivity contribution in [3.63, 3.8) is 0 Å². The van der Waals surface area contributed by atoms with Crippen LogP contribution in [0.5, 0.6) is 0 Å². The number of fused-ring (bicyclic) bond motifs is 7. The van der Waals surface area contributed by atoms with Crippen LogP contribution in [-0.2, 0) is 0 Å². The van der Waals surface area contributed by atoms with Crippen molar-refractivity contribution in [2.24, 2.45) is 57.2 Å². The van der Waals surface area contributed by atoms with E-state index in [0.717, 1.165) is 41.7 Å². The lowest BCUT2D eigenvalue weighted by molar-refractivity contribution is -0.230. The summed E-state index contributed by atoms with van der Waals surface area (Å²) >= 11 is 0. The molecule has 5 aliphatic rings. The Bertz CT molecular complexity index is 1110. The van der Waals surface area contributed by atoms with E-state index in [4.69, 9.17) is 0 Å². The molecule has 1 aromatic rings. The zero-order chi connectivity index (χ0) is 27.8. The summed E-state index contributed by atoms with van der Waals surface area (Å²) in [6, 6.07) is 9.99. The van der Waals surface area contributed by atoms with Crippen LogP contribution in [0.15, 0.2) is 42.5 Å². The van der Waals surface area contributed by atoms with Crippen molar-refractivity contribution in [2.45, 2.75) is 112 Å². The normalized spacial score (nSPS) is 46.2. The smallest absolute Gasteiger partial charge is 0.319 e. The highest BCUT2D eigenvalue weighted by Gasteiger charge is 2.69. The van der Waals surface area contributed by atoms with Crippen molar-refractivity contribution in [1.29, 1.82) is 0 Å². The molecule has 0 saturated heterocycles. The molecule has 1 unspecified atom stereocenters. The first-order valence-electron chi connectivity index (χ1n) is 16.2. The number of urea groups is 1. The molecule has 39 heavy (non-hydrogen) atoms. The van der Waals surface area contributed by atoms with Crippen molar-refractivity contribution in [1.82, 2.24) is 5.32 Å². The van der Waals surface area contributed by atoms with Crippen molar-refractivity contribution >= 4 is 11.7 Å². The molecule has 1 aromatic carbocycles. The largest absolute Gasteiger partial charge is 0.335 e. The number of amides is 2. The Morgan fingerprint density at radius 3 is 2.26 bits per heavy atom. The molecule has 3 nitrogen and oxygen atoms in total. The van der Waals surface area contributed by atoms with Gasteiger partial charge in [-0.15, -0.1) is 0 Å². The Morgan fingerprint density at radius 1 is 0.821 bits per heavy atom. The molecule has 10 atom stereocenters. The highest BCUT2D eigenvalue weighted by atomic mass is 16.2. The molecule has 6 rings (SSSR count). The fraction of sp³-hybridized carbons (Fsp3) is 0.750. The van der Waals surface area contributed by atoms with Crippen LogP contribution < -0.4 is 10.6 Å². The molecule has 5 saturated carbocycles. The van der Waals surface area contributed by atoms with Gasteiger partial charge in [-0.1, -0.05) is 65.0 Å². The number of allylic oxidation sites excluding steroid dienone is 1. The van der Waals surface area contributed by atoms with E-state index in [1.807, 2.05) is 30.3 Å². The third-order valence-electron chi connectivity index (χ3n) is 14.3. The van der Waals surface area contributed by atoms with E-state index in [0.29, 0.717) is 22.2 Å². The number of rotatable bonds is 3. The molecule has 5 aliphatic carbocycles. The predicted octanol–water partition coefficient (Wildman–Crippen LogP) is 9.46. The molecule has 214 valence electrons. The molecule has 0 bridgehead atoms. The Kier molecular flexibility index (Phi) is 6.59. The lowest BCUT2D eigenvalue weighted by Gasteiger charge is -2.72. The van der Waals surface area contributed by atoms with Gasteiger partial charge in [0.15, 0.2) is 0 Å². The minimum absolute atomic E-state index is 0.0584. The van der Waals surface area contributed by atoms with Crippen molar-refractivity contribution in [3.05, 3.63) is 42.5 Å². The van der Waals surface area contributed by atoms with Gasteiger partial charge in [0.05, 0.1) is 0 Å². The number of hydrogen-bond acceptors (Lipinski definition) is 1. The summed E-state index contributed by atoms with van der Waals surface area (Å²) in [7, 11) is 0. The maximum atomic E-state index is 13.0. The second-order valence-corrected chi connectivity index (χ2v) is 16.0. The summed E-state index contributed by atoms with van der Waals surface area (Å²) in [5.74, 6) is 4.88. The molecule has 0 aromatic heterocycles. The molecule has 3 heteroatoms. The van der Waals surface area contributed by atoms with Crippen LogP contribution in [0.3, 0.4) is 0 Å². The van der Waals surface area contributed by atoms with E-state index in [-0.39, 0.29) is 17.5 Å². The molecule has 0 radical (unpaired) electrons. The van der Waals surface area contributed by atoms with Crippen LogP contribution in [0.25, 0.3) is 0 Å². The lowest BCUT2D eigenvalue weighted by atomic mass is 9.33. The summed E-state index contributed by atoms with van der Waals surface area (Å²) < 4.78 is 0. The molecule has 0 heterocycles. The predicted molar refractivity (Wildman–Crippen MR) is 162 cm³/mol. The van der Waals surface area contributed by atoms with Gasteiger partial charge in [-0.25, -0.2) is 4.79 Å². The number of benzene rings is 1. The first-order chi connectivity index (χ1) is 18.4. The minimum atomic E-state index is -0.0584. The maximum absolute atomic E-state index is 13.0. The molecular weight excluding hydrogens is 476 g/mol. The molecule has 5 fully saturated rings. The van der Waals surface area contributed by atoms with Gasteiger partial charge < -0.3 is 10.6 Å². The van der Waals surface area contributed by atoms with Crippen molar-refractivity contribution < 1.29 is 4.79 Å². The van der Waals surface area contributed by atoms with Crippen molar-refractivity contribution in [2.75, 3.05) is 5.32 Å². The number of carbonyl (C=O) groups is 1. The highest BCUT2D eigenvalue weighted by molar-refractivity contribution is 5.89. The van der Waals surface area contributed by atoms with E-state index < -0.39 is 0 Å². The standard InChI is InChI=1S/C36H54N2O/c1-23(2)26-14-13-24-17-21-35(6)27(31(24)26)15-16-29-34(5)20-19-30(33(3,4)28(34)18-22-36(29,35)7)38-32(39)37-25-11-9-8-10-12-25/h8-12,24,26-31H,1,13-22H2,2-7H3,(H2,37,38,39)/t24-,26+,27-,28+,29-,30?,31-,34+,35-,36-/m1/s1. The van der Waals surface area contributed by atoms with Gasteiger partial charge in [-0.2, -0.15) is 0 Å². The zero-order valence-corrected chi connectivity index (χ0v) is 25.6. The first kappa shape index (κ1) is 27.4. The SMILES string of the molecule is C=C(C)[C@@H]1CC[C@@H]2CC[C@]3(C)[C@H](CC[C@@H]4[C@@]5(C)CCC(NC(=O)Nc6ccccc6)C(C)(C)[C@@H]5CC[C@]43C)[C@H]21. The Balaban J connectivity index is 1.24. The number of carbonyl (C=O) groups excluding carboxylic acids is 1. The van der Waals surface area contributed by atoms with E-state index in [1.165, 1.54) is 63.4 Å². The van der Waals surface area contributed by atoms with Crippen LogP contribution in [0.1, 0.15) is 106 Å². The molecule has 0 spiro atoms. The summed E-state index contributed by atoms with van der Waals surface area (Å²) in [4.78, 5) is 13.0. The average Bonchev–Trinajstić information content (AvgIpc) is 3.31.